The Morgan fingerprint density at radius 3 is 2.36 bits per heavy atom. The van der Waals surface area contributed by atoms with Crippen molar-refractivity contribution in [2.75, 3.05) is 5.73 Å². The molecule has 0 radical (unpaired) electrons. The van der Waals surface area contributed by atoms with Gasteiger partial charge in [0.15, 0.2) is 0 Å². The van der Waals surface area contributed by atoms with Crippen molar-refractivity contribution in [2.45, 2.75) is 26.2 Å². The van der Waals surface area contributed by atoms with Crippen LogP contribution in [0.2, 0.25) is 0 Å². The molecule has 0 aromatic carbocycles. The molecule has 0 spiro atoms. The molecule has 1 aromatic rings. The van der Waals surface area contributed by atoms with E-state index in [2.05, 4.69) is 0 Å². The van der Waals surface area contributed by atoms with Gasteiger partial charge in [0.2, 0.25) is 0 Å². The summed E-state index contributed by atoms with van der Waals surface area (Å²) in [6, 6.07) is 1.87. The van der Waals surface area contributed by atoms with Gasteiger partial charge in [0.05, 0.1) is 10.4 Å². The van der Waals surface area contributed by atoms with E-state index >= 15 is 0 Å². The molecular weight excluding hydrogens is 206 g/mol. The Labute approximate surface area is 85.0 Å². The number of hydrogen-bond donors (Lipinski definition) is 1. The van der Waals surface area contributed by atoms with E-state index in [1.807, 2.05) is 6.07 Å². The first kappa shape index (κ1) is 10.9. The van der Waals surface area contributed by atoms with Crippen molar-refractivity contribution < 1.29 is 8.78 Å². The van der Waals surface area contributed by atoms with Crippen molar-refractivity contribution in [3.63, 3.8) is 0 Å². The Morgan fingerprint density at radius 2 is 2.00 bits per heavy atom. The topological polar surface area (TPSA) is 49.8 Å². The molecular formula is C9H10F2N2S. The summed E-state index contributed by atoms with van der Waals surface area (Å²) in [7, 11) is 0. The lowest BCUT2D eigenvalue weighted by molar-refractivity contribution is 0.154. The molecule has 0 saturated carbocycles. The minimum absolute atomic E-state index is 0.0750. The SMILES string of the molecule is CC(C)c1c(C(F)F)sc(N)c1C#N. The number of nitrogens with two attached hydrogens (primary N) is 1. The molecule has 0 fully saturated rings. The third-order valence-corrected chi connectivity index (χ3v) is 2.93. The molecule has 0 bridgehead atoms. The lowest BCUT2D eigenvalue weighted by Gasteiger charge is -2.06. The maximum atomic E-state index is 12.6. The van der Waals surface area contributed by atoms with Gasteiger partial charge in [0, 0.05) is 0 Å². The molecule has 0 aliphatic carbocycles. The standard InChI is InChI=1S/C9H10F2N2S/c1-4(2)6-5(3-12)9(13)14-7(6)8(10)11/h4,8H,13H2,1-2H3. The lowest BCUT2D eigenvalue weighted by atomic mass is 9.99. The number of hydrogen-bond acceptors (Lipinski definition) is 3. The fourth-order valence-corrected chi connectivity index (χ4v) is 2.36. The highest BCUT2D eigenvalue weighted by atomic mass is 32.1. The summed E-state index contributed by atoms with van der Waals surface area (Å²) in [6.45, 7) is 3.54. The van der Waals surface area contributed by atoms with Gasteiger partial charge >= 0.3 is 0 Å². The molecule has 0 aliphatic heterocycles. The predicted octanol–water partition coefficient (Wildman–Crippen LogP) is 3.26. The van der Waals surface area contributed by atoms with Crippen molar-refractivity contribution in [3.05, 3.63) is 16.0 Å². The van der Waals surface area contributed by atoms with Crippen LogP contribution < -0.4 is 5.73 Å². The Balaban J connectivity index is 3.40. The molecule has 1 aromatic heterocycles. The van der Waals surface area contributed by atoms with E-state index in [9.17, 15) is 8.78 Å². The van der Waals surface area contributed by atoms with Gasteiger partial charge < -0.3 is 5.73 Å². The van der Waals surface area contributed by atoms with Crippen molar-refractivity contribution in [1.82, 2.24) is 0 Å². The van der Waals surface area contributed by atoms with Crippen LogP contribution in [0.5, 0.6) is 0 Å². The minimum Gasteiger partial charge on any atom is -0.389 e. The maximum absolute atomic E-state index is 12.6. The average Bonchev–Trinajstić information content (AvgIpc) is 2.42. The molecule has 76 valence electrons. The number of nitrogen functional groups attached to an aromatic ring is 1. The van der Waals surface area contributed by atoms with Gasteiger partial charge in [-0.05, 0) is 11.5 Å². The van der Waals surface area contributed by atoms with E-state index in [0.29, 0.717) is 5.56 Å². The van der Waals surface area contributed by atoms with Crippen LogP contribution in [0.25, 0.3) is 0 Å². The van der Waals surface area contributed by atoms with Gasteiger partial charge in [-0.25, -0.2) is 8.78 Å². The van der Waals surface area contributed by atoms with Gasteiger partial charge in [-0.3, -0.25) is 0 Å². The van der Waals surface area contributed by atoms with Crippen LogP contribution in [0.15, 0.2) is 0 Å². The van der Waals surface area contributed by atoms with Crippen LogP contribution in [0.4, 0.5) is 13.8 Å². The number of halogens is 2. The molecule has 1 heterocycles. The van der Waals surface area contributed by atoms with Crippen molar-refractivity contribution in [2.24, 2.45) is 0 Å². The predicted molar refractivity (Wildman–Crippen MR) is 52.5 cm³/mol. The van der Waals surface area contributed by atoms with Gasteiger partial charge in [-0.15, -0.1) is 11.3 Å². The number of nitriles is 1. The summed E-state index contributed by atoms with van der Waals surface area (Å²) < 4.78 is 25.1. The first-order valence-corrected chi connectivity index (χ1v) is 4.91. The second-order valence-corrected chi connectivity index (χ2v) is 4.27. The molecule has 14 heavy (non-hydrogen) atoms. The summed E-state index contributed by atoms with van der Waals surface area (Å²) in [5.41, 5.74) is 6.09. The molecule has 0 aliphatic rings. The lowest BCUT2D eigenvalue weighted by Crippen LogP contribution is -1.95. The maximum Gasteiger partial charge on any atom is 0.273 e. The molecule has 0 atom stereocenters. The molecule has 0 amide bonds. The van der Waals surface area contributed by atoms with Crippen molar-refractivity contribution in [3.8, 4) is 6.07 Å². The molecule has 2 nitrogen and oxygen atoms in total. The zero-order valence-electron chi connectivity index (χ0n) is 7.84. The van der Waals surface area contributed by atoms with E-state index < -0.39 is 6.43 Å². The molecule has 5 heteroatoms. The van der Waals surface area contributed by atoms with Gasteiger partial charge in [0.25, 0.3) is 6.43 Å². The Bertz CT molecular complexity index is 377. The zero-order valence-corrected chi connectivity index (χ0v) is 8.66. The second kappa shape index (κ2) is 3.93. The third kappa shape index (κ3) is 1.70. The summed E-state index contributed by atoms with van der Waals surface area (Å²) in [4.78, 5) is -0.0750. The van der Waals surface area contributed by atoms with Crippen LogP contribution in [-0.2, 0) is 0 Å². The normalized spacial score (nSPS) is 10.9. The van der Waals surface area contributed by atoms with Crippen LogP contribution in [0, 0.1) is 11.3 Å². The molecule has 0 unspecified atom stereocenters. The second-order valence-electron chi connectivity index (χ2n) is 3.19. The largest absolute Gasteiger partial charge is 0.389 e. The monoisotopic (exact) mass is 216 g/mol. The number of nitrogens with zero attached hydrogens (tertiary/aromatic N) is 1. The van der Waals surface area contributed by atoms with Crippen LogP contribution in [0.1, 0.15) is 42.2 Å². The average molecular weight is 216 g/mol. The highest BCUT2D eigenvalue weighted by molar-refractivity contribution is 7.16. The van der Waals surface area contributed by atoms with E-state index in [1.165, 1.54) is 0 Å². The van der Waals surface area contributed by atoms with Gasteiger partial charge in [-0.1, -0.05) is 13.8 Å². The van der Waals surface area contributed by atoms with Crippen molar-refractivity contribution in [1.29, 1.82) is 5.26 Å². The Hall–Kier alpha value is -1.15. The molecule has 0 saturated heterocycles. The summed E-state index contributed by atoms with van der Waals surface area (Å²) in [5, 5.41) is 8.96. The number of anilines is 1. The van der Waals surface area contributed by atoms with Crippen molar-refractivity contribution >= 4 is 16.3 Å². The third-order valence-electron chi connectivity index (χ3n) is 1.89. The van der Waals surface area contributed by atoms with Crippen LogP contribution in [0.3, 0.4) is 0 Å². The summed E-state index contributed by atoms with van der Waals surface area (Å²) in [5.74, 6) is -0.109. The van der Waals surface area contributed by atoms with E-state index in [4.69, 9.17) is 11.0 Å². The van der Waals surface area contributed by atoms with Gasteiger partial charge in [0.1, 0.15) is 11.1 Å². The Morgan fingerprint density at radius 1 is 1.43 bits per heavy atom. The first-order chi connectivity index (χ1) is 6.49. The molecule has 1 rings (SSSR count). The number of alkyl halides is 2. The van der Waals surface area contributed by atoms with Gasteiger partial charge in [-0.2, -0.15) is 5.26 Å². The summed E-state index contributed by atoms with van der Waals surface area (Å²) in [6.07, 6.45) is -2.55. The number of rotatable bonds is 2. The van der Waals surface area contributed by atoms with Crippen LogP contribution in [-0.4, -0.2) is 0 Å². The van der Waals surface area contributed by atoms with E-state index in [-0.39, 0.29) is 21.4 Å². The summed E-state index contributed by atoms with van der Waals surface area (Å²) >= 11 is 0.807. The quantitative estimate of drug-likeness (QED) is 0.824. The van der Waals surface area contributed by atoms with E-state index in [1.54, 1.807) is 13.8 Å². The smallest absolute Gasteiger partial charge is 0.273 e. The zero-order chi connectivity index (χ0) is 10.9. The highest BCUT2D eigenvalue weighted by Gasteiger charge is 2.24. The fraction of sp³-hybridized carbons (Fsp3) is 0.444. The fourth-order valence-electron chi connectivity index (χ4n) is 1.33. The highest BCUT2D eigenvalue weighted by Crippen LogP contribution is 2.40. The first-order valence-electron chi connectivity index (χ1n) is 4.09. The van der Waals surface area contributed by atoms with Crippen LogP contribution >= 0.6 is 11.3 Å². The minimum atomic E-state index is -2.55. The number of thiophene rings is 1. The van der Waals surface area contributed by atoms with E-state index in [0.717, 1.165) is 11.3 Å². The Kier molecular flexibility index (Phi) is 3.06. The molecule has 2 N–H and O–H groups in total.